The SMILES string of the molecule is Cc1c(-c2nc3cc(C=O)cc(C#N)c3o2)cccc1-c1cccc(-n2cc3c(n2)CCCC3)c1Cl. The molecule has 5 aromatic rings. The van der Waals surface area contributed by atoms with Gasteiger partial charge in [-0.05, 0) is 73.6 Å². The number of nitrogens with zero attached hydrogens (tertiary/aromatic N) is 4. The van der Waals surface area contributed by atoms with Crippen LogP contribution in [0.5, 0.6) is 0 Å². The fraction of sp³-hybridized carbons (Fsp3) is 0.172. The summed E-state index contributed by atoms with van der Waals surface area (Å²) in [5.41, 5.74) is 8.37. The number of aryl methyl sites for hydroxylation is 2. The van der Waals surface area contributed by atoms with Gasteiger partial charge in [0.1, 0.15) is 17.9 Å². The number of oxazole rings is 1. The van der Waals surface area contributed by atoms with Crippen LogP contribution in [0.25, 0.3) is 39.4 Å². The van der Waals surface area contributed by atoms with Gasteiger partial charge in [-0.25, -0.2) is 9.67 Å². The molecule has 0 saturated carbocycles. The van der Waals surface area contributed by atoms with Crippen LogP contribution in [0.15, 0.2) is 59.1 Å². The maximum absolute atomic E-state index is 11.3. The molecule has 3 aromatic carbocycles. The predicted molar refractivity (Wildman–Crippen MR) is 138 cm³/mol. The number of fused-ring (bicyclic) bond motifs is 2. The molecule has 0 N–H and O–H groups in total. The number of rotatable bonds is 4. The van der Waals surface area contributed by atoms with Crippen LogP contribution in [0.3, 0.4) is 0 Å². The lowest BCUT2D eigenvalue weighted by Gasteiger charge is -2.14. The number of aromatic nitrogens is 3. The van der Waals surface area contributed by atoms with Gasteiger partial charge in [-0.15, -0.1) is 0 Å². The normalized spacial score (nSPS) is 12.9. The maximum Gasteiger partial charge on any atom is 0.227 e. The summed E-state index contributed by atoms with van der Waals surface area (Å²) in [4.78, 5) is 15.9. The predicted octanol–water partition coefficient (Wildman–Crippen LogP) is 6.87. The first kappa shape index (κ1) is 22.3. The zero-order valence-corrected chi connectivity index (χ0v) is 20.3. The van der Waals surface area contributed by atoms with E-state index in [9.17, 15) is 10.1 Å². The lowest BCUT2D eigenvalue weighted by atomic mass is 9.96. The van der Waals surface area contributed by atoms with Crippen LogP contribution < -0.4 is 0 Å². The van der Waals surface area contributed by atoms with Crippen LogP contribution >= 0.6 is 11.6 Å². The van der Waals surface area contributed by atoms with Crippen LogP contribution in [0, 0.1) is 18.3 Å². The summed E-state index contributed by atoms with van der Waals surface area (Å²) in [6.45, 7) is 2.00. The van der Waals surface area contributed by atoms with E-state index in [-0.39, 0.29) is 5.56 Å². The molecule has 0 radical (unpaired) electrons. The Kier molecular flexibility index (Phi) is 5.43. The van der Waals surface area contributed by atoms with Crippen LogP contribution in [0.4, 0.5) is 0 Å². The zero-order chi connectivity index (χ0) is 24.8. The molecule has 2 aromatic heterocycles. The minimum Gasteiger partial charge on any atom is -0.435 e. The third-order valence-corrected chi connectivity index (χ3v) is 7.23. The summed E-state index contributed by atoms with van der Waals surface area (Å²) >= 11 is 6.98. The maximum atomic E-state index is 11.3. The first-order chi connectivity index (χ1) is 17.6. The third kappa shape index (κ3) is 3.60. The molecule has 0 fully saturated rings. The van der Waals surface area contributed by atoms with Gasteiger partial charge in [-0.2, -0.15) is 10.4 Å². The second-order valence-corrected chi connectivity index (χ2v) is 9.41. The largest absolute Gasteiger partial charge is 0.435 e. The molecular weight excluding hydrogens is 472 g/mol. The zero-order valence-electron chi connectivity index (χ0n) is 19.6. The summed E-state index contributed by atoms with van der Waals surface area (Å²) in [7, 11) is 0. The molecule has 0 bridgehead atoms. The Labute approximate surface area is 212 Å². The molecule has 1 aliphatic rings. The molecule has 7 heteroatoms. The lowest BCUT2D eigenvalue weighted by molar-refractivity contribution is 0.112. The number of hydrogen-bond donors (Lipinski definition) is 0. The molecule has 0 saturated heterocycles. The van der Waals surface area contributed by atoms with Gasteiger partial charge >= 0.3 is 0 Å². The summed E-state index contributed by atoms with van der Waals surface area (Å²) in [6, 6.07) is 17.1. The van der Waals surface area contributed by atoms with E-state index in [2.05, 4.69) is 17.3 Å². The summed E-state index contributed by atoms with van der Waals surface area (Å²) in [6.07, 6.45) is 7.23. The molecule has 1 aliphatic carbocycles. The van der Waals surface area contributed by atoms with Gasteiger partial charge in [0.05, 0.1) is 22.0 Å². The fourth-order valence-corrected chi connectivity index (χ4v) is 5.29. The highest BCUT2D eigenvalue weighted by Crippen LogP contribution is 2.38. The average Bonchev–Trinajstić information content (AvgIpc) is 3.53. The highest BCUT2D eigenvalue weighted by atomic mass is 35.5. The van der Waals surface area contributed by atoms with E-state index in [0.29, 0.717) is 33.9 Å². The molecule has 0 amide bonds. The van der Waals surface area contributed by atoms with Crippen molar-refractivity contribution in [3.63, 3.8) is 0 Å². The first-order valence-electron chi connectivity index (χ1n) is 11.8. The van der Waals surface area contributed by atoms with Gasteiger partial charge in [0.2, 0.25) is 5.89 Å². The third-order valence-electron chi connectivity index (χ3n) is 6.84. The van der Waals surface area contributed by atoms with E-state index in [0.717, 1.165) is 46.5 Å². The van der Waals surface area contributed by atoms with Crippen molar-refractivity contribution in [2.24, 2.45) is 0 Å². The Morgan fingerprint density at radius 3 is 2.67 bits per heavy atom. The molecule has 176 valence electrons. The number of hydrogen-bond acceptors (Lipinski definition) is 5. The van der Waals surface area contributed by atoms with Crippen molar-refractivity contribution >= 4 is 29.0 Å². The topological polar surface area (TPSA) is 84.7 Å². The number of halogens is 1. The minimum atomic E-state index is 0.278. The van der Waals surface area contributed by atoms with Crippen molar-refractivity contribution < 1.29 is 9.21 Å². The van der Waals surface area contributed by atoms with Crippen molar-refractivity contribution in [2.75, 3.05) is 0 Å². The van der Waals surface area contributed by atoms with Crippen molar-refractivity contribution in [1.82, 2.24) is 14.8 Å². The quantitative estimate of drug-likeness (QED) is 0.255. The molecule has 36 heavy (non-hydrogen) atoms. The number of carbonyl (C=O) groups is 1. The molecule has 0 atom stereocenters. The van der Waals surface area contributed by atoms with Crippen molar-refractivity contribution in [3.05, 3.63) is 87.7 Å². The Hall–Kier alpha value is -4.21. The monoisotopic (exact) mass is 492 g/mol. The number of nitriles is 1. The van der Waals surface area contributed by atoms with E-state index in [1.165, 1.54) is 24.5 Å². The first-order valence-corrected chi connectivity index (χ1v) is 12.2. The molecule has 0 unspecified atom stereocenters. The van der Waals surface area contributed by atoms with Crippen LogP contribution in [0.2, 0.25) is 5.02 Å². The number of carbonyl (C=O) groups excluding carboxylic acids is 1. The average molecular weight is 493 g/mol. The lowest BCUT2D eigenvalue weighted by Crippen LogP contribution is -2.01. The molecule has 6 nitrogen and oxygen atoms in total. The van der Waals surface area contributed by atoms with Gasteiger partial charge in [0.25, 0.3) is 0 Å². The smallest absolute Gasteiger partial charge is 0.227 e. The Morgan fingerprint density at radius 1 is 1.08 bits per heavy atom. The van der Waals surface area contributed by atoms with E-state index < -0.39 is 0 Å². The van der Waals surface area contributed by atoms with E-state index in [4.69, 9.17) is 21.1 Å². The van der Waals surface area contributed by atoms with Crippen LogP contribution in [-0.2, 0) is 12.8 Å². The van der Waals surface area contributed by atoms with E-state index >= 15 is 0 Å². The van der Waals surface area contributed by atoms with Crippen molar-refractivity contribution in [3.8, 4) is 34.3 Å². The molecule has 0 aliphatic heterocycles. The van der Waals surface area contributed by atoms with E-state index in [1.807, 2.05) is 48.0 Å². The van der Waals surface area contributed by atoms with Gasteiger partial charge in [-0.1, -0.05) is 35.9 Å². The van der Waals surface area contributed by atoms with Crippen molar-refractivity contribution in [1.29, 1.82) is 5.26 Å². The summed E-state index contributed by atoms with van der Waals surface area (Å²) in [5.74, 6) is 0.385. The van der Waals surface area contributed by atoms with E-state index in [1.54, 1.807) is 6.07 Å². The van der Waals surface area contributed by atoms with Gasteiger partial charge < -0.3 is 4.42 Å². The Bertz CT molecular complexity index is 1680. The highest BCUT2D eigenvalue weighted by Gasteiger charge is 2.20. The fourth-order valence-electron chi connectivity index (χ4n) is 4.98. The second kappa shape index (κ2) is 8.78. The second-order valence-electron chi connectivity index (χ2n) is 9.03. The Balaban J connectivity index is 1.46. The van der Waals surface area contributed by atoms with Crippen LogP contribution in [0.1, 0.15) is 45.6 Å². The van der Waals surface area contributed by atoms with Crippen LogP contribution in [-0.4, -0.2) is 21.1 Å². The molecule has 0 spiro atoms. The number of aldehydes is 1. The Morgan fingerprint density at radius 2 is 1.86 bits per heavy atom. The molecular formula is C29H21ClN4O2. The molecule has 6 rings (SSSR count). The number of benzene rings is 3. The van der Waals surface area contributed by atoms with Crippen molar-refractivity contribution in [2.45, 2.75) is 32.6 Å². The van der Waals surface area contributed by atoms with Gasteiger partial charge in [0.15, 0.2) is 5.58 Å². The molecule has 2 heterocycles. The highest BCUT2D eigenvalue weighted by molar-refractivity contribution is 6.35. The summed E-state index contributed by atoms with van der Waals surface area (Å²) in [5, 5.41) is 14.9. The van der Waals surface area contributed by atoms with Gasteiger partial charge in [-0.3, -0.25) is 4.79 Å². The summed E-state index contributed by atoms with van der Waals surface area (Å²) < 4.78 is 7.92. The minimum absolute atomic E-state index is 0.278. The standard InChI is InChI=1S/C29H21ClN4O2/c1-17-21(23-9-5-11-26(27(23)30)34-15-19-6-2-3-10-24(19)33-34)7-4-8-22(17)29-32-25-13-18(16-35)12-20(14-31)28(25)36-29/h4-5,7-9,11-13,15-16H,2-3,6,10H2,1H3. The van der Waals surface area contributed by atoms with Gasteiger partial charge in [0, 0.05) is 22.9 Å².